The standard InChI is InChI=1S/C10H14ClNO/c1-2-7-12-10(13)8-5-3-4-6-9(8)11/h2H,1,3-7H2,(H,12,13). The van der Waals surface area contributed by atoms with Crippen LogP contribution in [0.25, 0.3) is 0 Å². The van der Waals surface area contributed by atoms with Crippen LogP contribution in [0.3, 0.4) is 0 Å². The lowest BCUT2D eigenvalue weighted by molar-refractivity contribution is -0.117. The lowest BCUT2D eigenvalue weighted by atomic mass is 9.99. The van der Waals surface area contributed by atoms with Crippen LogP contribution >= 0.6 is 11.6 Å². The lowest BCUT2D eigenvalue weighted by Gasteiger charge is -2.14. The third kappa shape index (κ3) is 2.88. The number of hydrogen-bond donors (Lipinski definition) is 1. The Morgan fingerprint density at radius 3 is 2.85 bits per heavy atom. The van der Waals surface area contributed by atoms with E-state index in [0.717, 1.165) is 36.3 Å². The molecule has 0 saturated heterocycles. The molecule has 0 unspecified atom stereocenters. The van der Waals surface area contributed by atoms with Gasteiger partial charge < -0.3 is 5.32 Å². The number of nitrogens with one attached hydrogen (secondary N) is 1. The van der Waals surface area contributed by atoms with E-state index in [2.05, 4.69) is 11.9 Å². The molecule has 0 spiro atoms. The summed E-state index contributed by atoms with van der Waals surface area (Å²) in [6.07, 6.45) is 5.47. The highest BCUT2D eigenvalue weighted by atomic mass is 35.5. The van der Waals surface area contributed by atoms with E-state index in [4.69, 9.17) is 11.6 Å². The van der Waals surface area contributed by atoms with E-state index < -0.39 is 0 Å². The van der Waals surface area contributed by atoms with Crippen LogP contribution in [0.4, 0.5) is 0 Å². The van der Waals surface area contributed by atoms with Crippen LogP contribution in [0, 0.1) is 0 Å². The van der Waals surface area contributed by atoms with E-state index >= 15 is 0 Å². The normalized spacial score (nSPS) is 17.0. The summed E-state index contributed by atoms with van der Waals surface area (Å²) in [5.74, 6) is -0.0374. The first kappa shape index (κ1) is 10.3. The van der Waals surface area contributed by atoms with Crippen molar-refractivity contribution in [2.45, 2.75) is 25.7 Å². The van der Waals surface area contributed by atoms with Gasteiger partial charge in [0.1, 0.15) is 0 Å². The van der Waals surface area contributed by atoms with Gasteiger partial charge in [0.05, 0.1) is 0 Å². The Bertz CT molecular complexity index is 245. The zero-order valence-electron chi connectivity index (χ0n) is 7.61. The SMILES string of the molecule is C=CCNC(=O)C1=C(Cl)CCCC1. The van der Waals surface area contributed by atoms with Gasteiger partial charge in [0.2, 0.25) is 5.91 Å². The van der Waals surface area contributed by atoms with E-state index in [1.54, 1.807) is 6.08 Å². The van der Waals surface area contributed by atoms with Gasteiger partial charge in [-0.05, 0) is 25.7 Å². The maximum absolute atomic E-state index is 11.5. The minimum Gasteiger partial charge on any atom is -0.349 e. The van der Waals surface area contributed by atoms with Crippen LogP contribution < -0.4 is 5.32 Å². The Morgan fingerprint density at radius 1 is 1.54 bits per heavy atom. The minimum atomic E-state index is -0.0374. The van der Waals surface area contributed by atoms with Gasteiger partial charge in [0.25, 0.3) is 0 Å². The second-order valence-corrected chi connectivity index (χ2v) is 3.55. The van der Waals surface area contributed by atoms with Crippen molar-refractivity contribution in [2.75, 3.05) is 6.54 Å². The zero-order chi connectivity index (χ0) is 9.68. The highest BCUT2D eigenvalue weighted by molar-refractivity contribution is 6.32. The third-order valence-electron chi connectivity index (χ3n) is 2.08. The fourth-order valence-corrected chi connectivity index (χ4v) is 1.69. The molecular weight excluding hydrogens is 186 g/mol. The van der Waals surface area contributed by atoms with E-state index in [1.165, 1.54) is 0 Å². The number of halogens is 1. The highest BCUT2D eigenvalue weighted by Crippen LogP contribution is 2.27. The average molecular weight is 200 g/mol. The Labute approximate surface area is 83.7 Å². The van der Waals surface area contributed by atoms with Gasteiger partial charge in [-0.25, -0.2) is 0 Å². The molecule has 1 N–H and O–H groups in total. The van der Waals surface area contributed by atoms with Crippen LogP contribution in [0.1, 0.15) is 25.7 Å². The first-order valence-corrected chi connectivity index (χ1v) is 4.90. The Balaban J connectivity index is 2.58. The molecular formula is C10H14ClNO. The summed E-state index contributed by atoms with van der Waals surface area (Å²) in [4.78, 5) is 11.5. The molecule has 0 saturated carbocycles. The van der Waals surface area contributed by atoms with E-state index in [1.807, 2.05) is 0 Å². The monoisotopic (exact) mass is 199 g/mol. The molecule has 0 heterocycles. The van der Waals surface area contributed by atoms with Crippen LogP contribution in [0.15, 0.2) is 23.3 Å². The molecule has 0 aliphatic heterocycles. The van der Waals surface area contributed by atoms with Gasteiger partial charge in [-0.1, -0.05) is 17.7 Å². The van der Waals surface area contributed by atoms with E-state index in [9.17, 15) is 4.79 Å². The maximum atomic E-state index is 11.5. The molecule has 0 aromatic heterocycles. The Morgan fingerprint density at radius 2 is 2.23 bits per heavy atom. The predicted molar refractivity (Wildman–Crippen MR) is 54.6 cm³/mol. The zero-order valence-corrected chi connectivity index (χ0v) is 8.36. The lowest BCUT2D eigenvalue weighted by Crippen LogP contribution is -2.26. The Kier molecular flexibility index (Phi) is 4.03. The summed E-state index contributed by atoms with van der Waals surface area (Å²) in [7, 11) is 0. The van der Waals surface area contributed by atoms with Gasteiger partial charge in [-0.15, -0.1) is 6.58 Å². The first-order valence-electron chi connectivity index (χ1n) is 4.52. The summed E-state index contributed by atoms with van der Waals surface area (Å²) in [6.45, 7) is 4.04. The number of allylic oxidation sites excluding steroid dienone is 1. The fourth-order valence-electron chi connectivity index (χ4n) is 1.38. The van der Waals surface area contributed by atoms with Crippen molar-refractivity contribution in [3.8, 4) is 0 Å². The van der Waals surface area contributed by atoms with E-state index in [-0.39, 0.29) is 5.91 Å². The summed E-state index contributed by atoms with van der Waals surface area (Å²) in [6, 6.07) is 0. The molecule has 3 heteroatoms. The van der Waals surface area contributed by atoms with Crippen LogP contribution in [-0.4, -0.2) is 12.5 Å². The average Bonchev–Trinajstić information content (AvgIpc) is 2.15. The van der Waals surface area contributed by atoms with Crippen molar-refractivity contribution in [1.82, 2.24) is 5.32 Å². The van der Waals surface area contributed by atoms with Gasteiger partial charge in [-0.3, -0.25) is 4.79 Å². The van der Waals surface area contributed by atoms with Gasteiger partial charge in [-0.2, -0.15) is 0 Å². The molecule has 13 heavy (non-hydrogen) atoms. The highest BCUT2D eigenvalue weighted by Gasteiger charge is 2.16. The molecule has 0 aromatic carbocycles. The smallest absolute Gasteiger partial charge is 0.248 e. The molecule has 1 rings (SSSR count). The van der Waals surface area contributed by atoms with Crippen molar-refractivity contribution in [3.63, 3.8) is 0 Å². The van der Waals surface area contributed by atoms with Crippen molar-refractivity contribution >= 4 is 17.5 Å². The number of carbonyl (C=O) groups is 1. The van der Waals surface area contributed by atoms with Crippen molar-refractivity contribution in [3.05, 3.63) is 23.3 Å². The molecule has 72 valence electrons. The maximum Gasteiger partial charge on any atom is 0.248 e. The summed E-state index contributed by atoms with van der Waals surface area (Å²) >= 11 is 5.95. The second kappa shape index (κ2) is 5.07. The number of amides is 1. The fraction of sp³-hybridized carbons (Fsp3) is 0.500. The number of hydrogen-bond acceptors (Lipinski definition) is 1. The second-order valence-electron chi connectivity index (χ2n) is 3.09. The molecule has 1 aliphatic carbocycles. The molecule has 0 bridgehead atoms. The van der Waals surface area contributed by atoms with Crippen molar-refractivity contribution in [1.29, 1.82) is 0 Å². The van der Waals surface area contributed by atoms with Crippen molar-refractivity contribution < 1.29 is 4.79 Å². The van der Waals surface area contributed by atoms with Crippen LogP contribution in [0.2, 0.25) is 0 Å². The molecule has 0 radical (unpaired) electrons. The molecule has 1 aliphatic rings. The number of rotatable bonds is 3. The topological polar surface area (TPSA) is 29.1 Å². The largest absolute Gasteiger partial charge is 0.349 e. The van der Waals surface area contributed by atoms with Gasteiger partial charge in [0.15, 0.2) is 0 Å². The number of carbonyl (C=O) groups excluding carboxylic acids is 1. The molecule has 0 aromatic rings. The first-order chi connectivity index (χ1) is 6.25. The van der Waals surface area contributed by atoms with E-state index in [0.29, 0.717) is 6.54 Å². The molecule has 1 amide bonds. The van der Waals surface area contributed by atoms with Crippen LogP contribution in [0.5, 0.6) is 0 Å². The van der Waals surface area contributed by atoms with Gasteiger partial charge >= 0.3 is 0 Å². The summed E-state index contributed by atoms with van der Waals surface area (Å²) < 4.78 is 0. The quantitative estimate of drug-likeness (QED) is 0.695. The van der Waals surface area contributed by atoms with Crippen LogP contribution in [-0.2, 0) is 4.79 Å². The third-order valence-corrected chi connectivity index (χ3v) is 2.50. The molecule has 0 atom stereocenters. The predicted octanol–water partition coefficient (Wildman–Crippen LogP) is 2.36. The molecule has 0 fully saturated rings. The molecule has 2 nitrogen and oxygen atoms in total. The van der Waals surface area contributed by atoms with Gasteiger partial charge in [0, 0.05) is 17.2 Å². The van der Waals surface area contributed by atoms with Crippen molar-refractivity contribution in [2.24, 2.45) is 0 Å². The minimum absolute atomic E-state index is 0.0374. The Hall–Kier alpha value is -0.760. The summed E-state index contributed by atoms with van der Waals surface area (Å²) in [5, 5.41) is 3.46. The summed E-state index contributed by atoms with van der Waals surface area (Å²) in [5.41, 5.74) is 0.759.